The largest absolute Gasteiger partial charge is 1.00 e. The molecule has 47 heavy (non-hydrogen) atoms. The van der Waals surface area contributed by atoms with Crippen LogP contribution in [0.3, 0.4) is 0 Å². The second-order valence-electron chi connectivity index (χ2n) is 11.7. The van der Waals surface area contributed by atoms with E-state index in [1.807, 2.05) is 54.6 Å². The fraction of sp³-hybridized carbons (Fsp3) is 0.514. The van der Waals surface area contributed by atoms with Gasteiger partial charge < -0.3 is 24.2 Å². The first-order valence-corrected chi connectivity index (χ1v) is 19.0. The molecule has 1 unspecified atom stereocenters. The van der Waals surface area contributed by atoms with Crippen LogP contribution in [-0.2, 0) is 14.9 Å². The predicted molar refractivity (Wildman–Crippen MR) is 185 cm³/mol. The van der Waals surface area contributed by atoms with Gasteiger partial charge in [0.1, 0.15) is 15.9 Å². The molecule has 0 bridgehead atoms. The number of aliphatic hydroxyl groups is 2. The minimum atomic E-state index is -4.75. The Morgan fingerprint density at radius 1 is 0.787 bits per heavy atom. The normalized spacial score (nSPS) is 12.1. The Morgan fingerprint density at radius 2 is 1.45 bits per heavy atom. The fourth-order valence-corrected chi connectivity index (χ4v) is 7.20. The van der Waals surface area contributed by atoms with E-state index in [4.69, 9.17) is 14.6 Å². The van der Waals surface area contributed by atoms with Crippen LogP contribution in [0.15, 0.2) is 81.4 Å². The Hall–Kier alpha value is -1.40. The average Bonchev–Trinajstić information content (AvgIpc) is 3.06. The zero-order valence-electron chi connectivity index (χ0n) is 28.2. The smallest absolute Gasteiger partial charge is 0.744 e. The Labute approximate surface area is 308 Å². The van der Waals surface area contributed by atoms with Crippen LogP contribution in [0.25, 0.3) is 11.1 Å². The molecule has 0 aliphatic carbocycles. The van der Waals surface area contributed by atoms with E-state index in [0.29, 0.717) is 43.3 Å². The number of aliphatic hydroxyl groups excluding tert-OH is 2. The predicted octanol–water partition coefficient (Wildman–Crippen LogP) is 5.58. The third-order valence-electron chi connectivity index (χ3n) is 8.02. The van der Waals surface area contributed by atoms with Crippen molar-refractivity contribution in [3.8, 4) is 16.9 Å². The summed E-state index contributed by atoms with van der Waals surface area (Å²) in [4.78, 5) is 0.895. The second-order valence-corrected chi connectivity index (χ2v) is 14.1. The Balaban J connectivity index is 0.00000768. The van der Waals surface area contributed by atoms with E-state index in [1.165, 1.54) is 49.9 Å². The SMILES string of the molecule is CCCCOc1ccc(Sc2ccc(-c3ccccc3C(CO)CCOCCCCCCCCCCCO)cc2S(=O)(=O)[O-])cc1.[Na+]. The molecule has 10 heteroatoms. The van der Waals surface area contributed by atoms with E-state index in [0.717, 1.165) is 60.3 Å². The van der Waals surface area contributed by atoms with Crippen molar-refractivity contribution in [2.24, 2.45) is 0 Å². The molecule has 0 aliphatic rings. The molecular formula is C37H51NaO7S2. The summed E-state index contributed by atoms with van der Waals surface area (Å²) in [5, 5.41) is 19.1. The van der Waals surface area contributed by atoms with Crippen LogP contribution in [-0.4, -0.2) is 56.2 Å². The summed E-state index contributed by atoms with van der Waals surface area (Å²) in [7, 11) is -4.75. The van der Waals surface area contributed by atoms with Gasteiger partial charge >= 0.3 is 29.6 Å². The monoisotopic (exact) mass is 694 g/mol. The first kappa shape index (κ1) is 41.8. The van der Waals surface area contributed by atoms with Gasteiger partial charge in [-0.2, -0.15) is 0 Å². The molecule has 0 heterocycles. The van der Waals surface area contributed by atoms with E-state index in [-0.39, 0.29) is 47.0 Å². The molecule has 0 aliphatic heterocycles. The van der Waals surface area contributed by atoms with Gasteiger partial charge in [0, 0.05) is 35.5 Å². The average molecular weight is 695 g/mol. The quantitative estimate of drug-likeness (QED) is 0.0710. The summed E-state index contributed by atoms with van der Waals surface area (Å²) >= 11 is 1.22. The van der Waals surface area contributed by atoms with Crippen molar-refractivity contribution in [3.05, 3.63) is 72.3 Å². The minimum absolute atomic E-state index is 0. The van der Waals surface area contributed by atoms with E-state index >= 15 is 0 Å². The maximum absolute atomic E-state index is 12.4. The summed E-state index contributed by atoms with van der Waals surface area (Å²) in [5.74, 6) is 0.555. The number of hydrogen-bond acceptors (Lipinski definition) is 8. The molecule has 3 rings (SSSR count). The molecule has 0 saturated carbocycles. The van der Waals surface area contributed by atoms with Gasteiger partial charge in [0.25, 0.3) is 0 Å². The molecule has 7 nitrogen and oxygen atoms in total. The molecule has 0 saturated heterocycles. The number of rotatable bonds is 24. The van der Waals surface area contributed by atoms with E-state index in [1.54, 1.807) is 6.07 Å². The molecule has 3 aromatic carbocycles. The molecule has 0 radical (unpaired) electrons. The van der Waals surface area contributed by atoms with Crippen LogP contribution in [0.1, 0.15) is 95.5 Å². The van der Waals surface area contributed by atoms with Gasteiger partial charge in [0.15, 0.2) is 0 Å². The standard InChI is InChI=1S/C37H52O7S2.Na/c1-2-3-26-44-32-18-20-33(21-19-32)45-36-22-17-30(28-37(36)46(40,41)42)34-15-11-12-16-35(34)31(29-39)23-27-43-25-14-10-8-6-4-5-7-9-13-24-38;/h11-12,15-22,28,31,38-39H,2-10,13-14,23-27,29H2,1H3,(H,40,41,42);/q;+1/p-1. The van der Waals surface area contributed by atoms with Crippen molar-refractivity contribution in [1.82, 2.24) is 0 Å². The van der Waals surface area contributed by atoms with Crippen LogP contribution >= 0.6 is 11.8 Å². The van der Waals surface area contributed by atoms with Crippen molar-refractivity contribution in [1.29, 1.82) is 0 Å². The van der Waals surface area contributed by atoms with Gasteiger partial charge in [0.05, 0.1) is 18.1 Å². The van der Waals surface area contributed by atoms with Gasteiger partial charge in [-0.05, 0) is 78.8 Å². The van der Waals surface area contributed by atoms with E-state index in [2.05, 4.69) is 6.92 Å². The third-order valence-corrected chi connectivity index (χ3v) is 10.1. The van der Waals surface area contributed by atoms with Gasteiger partial charge in [-0.15, -0.1) is 0 Å². The number of hydrogen-bond donors (Lipinski definition) is 2. The van der Waals surface area contributed by atoms with Crippen molar-refractivity contribution in [3.63, 3.8) is 0 Å². The van der Waals surface area contributed by atoms with Crippen LogP contribution in [0.5, 0.6) is 5.75 Å². The fourth-order valence-electron chi connectivity index (χ4n) is 5.36. The summed E-state index contributed by atoms with van der Waals surface area (Å²) in [6.45, 7) is 4.17. The molecule has 254 valence electrons. The molecule has 3 aromatic rings. The Kier molecular flexibility index (Phi) is 21.2. The van der Waals surface area contributed by atoms with Gasteiger partial charge in [-0.1, -0.05) is 100 Å². The van der Waals surface area contributed by atoms with Crippen LogP contribution < -0.4 is 34.3 Å². The van der Waals surface area contributed by atoms with Crippen LogP contribution in [0.4, 0.5) is 0 Å². The second kappa shape index (κ2) is 23.9. The maximum atomic E-state index is 12.4. The van der Waals surface area contributed by atoms with Crippen molar-refractivity contribution < 1.29 is 62.2 Å². The minimum Gasteiger partial charge on any atom is -0.744 e. The first-order chi connectivity index (χ1) is 22.4. The summed E-state index contributed by atoms with van der Waals surface area (Å²) in [6.07, 6.45) is 12.9. The third kappa shape index (κ3) is 15.4. The zero-order chi connectivity index (χ0) is 33.0. The topological polar surface area (TPSA) is 116 Å². The van der Waals surface area contributed by atoms with Gasteiger partial charge in [0.2, 0.25) is 0 Å². The molecule has 0 fully saturated rings. The number of benzene rings is 3. The van der Waals surface area contributed by atoms with Crippen molar-refractivity contribution in [2.45, 2.75) is 105 Å². The summed E-state index contributed by atoms with van der Waals surface area (Å²) in [5.41, 5.74) is 2.29. The molecule has 0 spiro atoms. The van der Waals surface area contributed by atoms with E-state index in [9.17, 15) is 18.1 Å². The zero-order valence-corrected chi connectivity index (χ0v) is 31.8. The summed E-state index contributed by atoms with van der Waals surface area (Å²) < 4.78 is 48.8. The Bertz CT molecular complexity index is 1380. The van der Waals surface area contributed by atoms with Crippen LogP contribution in [0.2, 0.25) is 0 Å². The first-order valence-electron chi connectivity index (χ1n) is 16.8. The van der Waals surface area contributed by atoms with Crippen molar-refractivity contribution >= 4 is 21.9 Å². The summed E-state index contributed by atoms with van der Waals surface area (Å²) in [6, 6.07) is 20.0. The number of ether oxygens (including phenoxy) is 2. The number of unbranched alkanes of at least 4 members (excludes halogenated alkanes) is 9. The Morgan fingerprint density at radius 3 is 2.09 bits per heavy atom. The molecular weight excluding hydrogens is 644 g/mol. The van der Waals surface area contributed by atoms with Gasteiger partial charge in [-0.25, -0.2) is 8.42 Å². The molecule has 0 amide bonds. The van der Waals surface area contributed by atoms with E-state index < -0.39 is 10.1 Å². The van der Waals surface area contributed by atoms with Crippen LogP contribution in [0, 0.1) is 0 Å². The van der Waals surface area contributed by atoms with Crippen molar-refractivity contribution in [2.75, 3.05) is 33.0 Å². The van der Waals surface area contributed by atoms with Gasteiger partial charge in [-0.3, -0.25) is 0 Å². The molecule has 1 atom stereocenters. The molecule has 2 N–H and O–H groups in total. The molecule has 0 aromatic heterocycles. The maximum Gasteiger partial charge on any atom is 1.00 e.